The largest absolute Gasteiger partial charge is 0.394 e. The molecule has 1 aliphatic rings. The molecule has 1 fully saturated rings. The number of aliphatic hydroxyl groups excluding tert-OH is 5. The van der Waals surface area contributed by atoms with Gasteiger partial charge in [-0.25, -0.2) is 0 Å². The zero-order valence-electron chi connectivity index (χ0n) is 43.7. The molecule has 70 heavy (non-hydrogen) atoms. The molecule has 9 heteroatoms. The zero-order valence-corrected chi connectivity index (χ0v) is 43.7. The van der Waals surface area contributed by atoms with Gasteiger partial charge in [-0.1, -0.05) is 218 Å². The monoisotopic (exact) mass is 974 g/mol. The molecule has 1 heterocycles. The summed E-state index contributed by atoms with van der Waals surface area (Å²) in [6, 6.07) is -0.821. The molecule has 0 spiro atoms. The summed E-state index contributed by atoms with van der Waals surface area (Å²) >= 11 is 0. The molecule has 1 aliphatic heterocycles. The SMILES string of the molecule is CC/C=C\C/C=C\C/C=C\C/C=C\C/C=C\C/C=C\C/C=C\C/C=C\C/C=C\C/C=C\CCCCCCCCC(=O)NC(COC1OC(CO)C(O)C(O)C1O)C(O)/C=C/CCCCCCCCCC. The quantitative estimate of drug-likeness (QED) is 0.0261. The first-order valence-electron chi connectivity index (χ1n) is 27.4. The molecule has 0 aromatic heterocycles. The van der Waals surface area contributed by atoms with Crippen LogP contribution in [0.15, 0.2) is 134 Å². The number of nitrogens with one attached hydrogen (secondary N) is 1. The normalized spacial score (nSPS) is 20.5. The van der Waals surface area contributed by atoms with Crippen LogP contribution in [-0.2, 0) is 14.3 Å². The van der Waals surface area contributed by atoms with E-state index in [2.05, 4.69) is 141 Å². The topological polar surface area (TPSA) is 149 Å². The van der Waals surface area contributed by atoms with Gasteiger partial charge < -0.3 is 40.3 Å². The van der Waals surface area contributed by atoms with Crippen LogP contribution in [0.4, 0.5) is 0 Å². The van der Waals surface area contributed by atoms with Gasteiger partial charge in [0.1, 0.15) is 24.4 Å². The lowest BCUT2D eigenvalue weighted by molar-refractivity contribution is -0.302. The summed E-state index contributed by atoms with van der Waals surface area (Å²) in [5.41, 5.74) is 0. The van der Waals surface area contributed by atoms with E-state index in [1.165, 1.54) is 38.5 Å². The molecule has 9 nitrogen and oxygen atoms in total. The smallest absolute Gasteiger partial charge is 0.220 e. The number of carbonyl (C=O) groups is 1. The number of allylic oxidation sites excluding steroid dienone is 21. The van der Waals surface area contributed by atoms with Gasteiger partial charge in [-0.2, -0.15) is 0 Å². The number of rotatable bonds is 44. The maximum absolute atomic E-state index is 13.0. The lowest BCUT2D eigenvalue weighted by atomic mass is 9.99. The van der Waals surface area contributed by atoms with E-state index in [0.717, 1.165) is 128 Å². The molecule has 1 saturated heterocycles. The fourth-order valence-corrected chi connectivity index (χ4v) is 7.65. The predicted molar refractivity (Wildman–Crippen MR) is 294 cm³/mol. The fraction of sp³-hybridized carbons (Fsp3) is 0.623. The predicted octanol–water partition coefficient (Wildman–Crippen LogP) is 13.3. The summed E-state index contributed by atoms with van der Waals surface area (Å²) in [6.45, 7) is 3.60. The van der Waals surface area contributed by atoms with Crippen molar-refractivity contribution in [2.45, 2.75) is 230 Å². The van der Waals surface area contributed by atoms with E-state index in [9.17, 15) is 30.3 Å². The Morgan fingerprint density at radius 1 is 0.500 bits per heavy atom. The van der Waals surface area contributed by atoms with Crippen molar-refractivity contribution in [2.24, 2.45) is 0 Å². The van der Waals surface area contributed by atoms with Crippen molar-refractivity contribution in [3.63, 3.8) is 0 Å². The molecule has 0 aromatic rings. The first kappa shape index (κ1) is 64.3. The van der Waals surface area contributed by atoms with Gasteiger partial charge >= 0.3 is 0 Å². The average molecular weight is 974 g/mol. The first-order valence-corrected chi connectivity index (χ1v) is 27.4. The lowest BCUT2D eigenvalue weighted by Crippen LogP contribution is -2.60. The van der Waals surface area contributed by atoms with Crippen molar-refractivity contribution in [3.05, 3.63) is 134 Å². The molecular formula is C61H99NO8. The van der Waals surface area contributed by atoms with Crippen molar-refractivity contribution in [1.82, 2.24) is 5.32 Å². The molecule has 6 N–H and O–H groups in total. The minimum atomic E-state index is -1.58. The Morgan fingerprint density at radius 3 is 1.31 bits per heavy atom. The summed E-state index contributed by atoms with van der Waals surface area (Å²) < 4.78 is 11.2. The van der Waals surface area contributed by atoms with E-state index in [1.54, 1.807) is 6.08 Å². The van der Waals surface area contributed by atoms with Crippen LogP contribution in [0.2, 0.25) is 0 Å². The molecule has 7 unspecified atom stereocenters. The van der Waals surface area contributed by atoms with Crippen LogP contribution in [0.25, 0.3) is 0 Å². The number of hydrogen-bond acceptors (Lipinski definition) is 8. The summed E-state index contributed by atoms with van der Waals surface area (Å²) in [6.07, 6.45) is 68.0. The summed E-state index contributed by atoms with van der Waals surface area (Å²) in [5, 5.41) is 54.2. The Kier molecular flexibility index (Phi) is 45.0. The lowest BCUT2D eigenvalue weighted by Gasteiger charge is -2.40. The molecule has 1 rings (SSSR count). The number of carbonyl (C=O) groups excluding carboxylic acids is 1. The van der Waals surface area contributed by atoms with Gasteiger partial charge in [0.2, 0.25) is 5.91 Å². The Labute approximate surface area is 426 Å². The van der Waals surface area contributed by atoms with Crippen molar-refractivity contribution in [2.75, 3.05) is 13.2 Å². The minimum absolute atomic E-state index is 0.200. The zero-order chi connectivity index (χ0) is 50.8. The van der Waals surface area contributed by atoms with Gasteiger partial charge in [-0.3, -0.25) is 4.79 Å². The summed E-state index contributed by atoms with van der Waals surface area (Å²) in [7, 11) is 0. The van der Waals surface area contributed by atoms with Crippen molar-refractivity contribution in [1.29, 1.82) is 0 Å². The van der Waals surface area contributed by atoms with Crippen LogP contribution in [0.3, 0.4) is 0 Å². The highest BCUT2D eigenvalue weighted by Gasteiger charge is 2.44. The fourth-order valence-electron chi connectivity index (χ4n) is 7.65. The van der Waals surface area contributed by atoms with Gasteiger partial charge in [0, 0.05) is 6.42 Å². The van der Waals surface area contributed by atoms with E-state index in [1.807, 2.05) is 6.08 Å². The van der Waals surface area contributed by atoms with Gasteiger partial charge in [0.15, 0.2) is 6.29 Å². The third kappa shape index (κ3) is 38.1. The van der Waals surface area contributed by atoms with Gasteiger partial charge in [0.25, 0.3) is 0 Å². The Balaban J connectivity index is 2.18. The van der Waals surface area contributed by atoms with E-state index in [4.69, 9.17) is 9.47 Å². The summed E-state index contributed by atoms with van der Waals surface area (Å²) in [5.74, 6) is -0.200. The van der Waals surface area contributed by atoms with Crippen LogP contribution >= 0.6 is 0 Å². The van der Waals surface area contributed by atoms with Crippen molar-refractivity contribution < 1.29 is 39.8 Å². The second kappa shape index (κ2) is 48.9. The highest BCUT2D eigenvalue weighted by atomic mass is 16.7. The van der Waals surface area contributed by atoms with Crippen molar-refractivity contribution >= 4 is 5.91 Å². The molecule has 0 aliphatic carbocycles. The molecule has 0 bridgehead atoms. The molecule has 7 atom stereocenters. The third-order valence-corrected chi connectivity index (χ3v) is 12.0. The Hall–Kier alpha value is -3.67. The highest BCUT2D eigenvalue weighted by Crippen LogP contribution is 2.22. The second-order valence-corrected chi connectivity index (χ2v) is 18.3. The van der Waals surface area contributed by atoms with Crippen LogP contribution in [0.5, 0.6) is 0 Å². The van der Waals surface area contributed by atoms with Crippen LogP contribution in [-0.4, -0.2) is 87.5 Å². The molecule has 1 amide bonds. The van der Waals surface area contributed by atoms with E-state index < -0.39 is 49.5 Å². The Bertz CT molecular complexity index is 1550. The van der Waals surface area contributed by atoms with E-state index in [-0.39, 0.29) is 12.5 Å². The van der Waals surface area contributed by atoms with Gasteiger partial charge in [-0.15, -0.1) is 0 Å². The second-order valence-electron chi connectivity index (χ2n) is 18.3. The molecular weight excluding hydrogens is 875 g/mol. The standard InChI is InChI=1S/C61H99NO8/c1-3-5-7-9-11-13-15-16-17-18-19-20-21-22-23-24-25-26-27-28-29-30-31-32-33-34-35-36-37-38-39-40-41-43-45-47-49-51-57(65)62-54(53-69-61-60(68)59(67)58(66)56(52-63)70-61)55(64)50-48-46-44-42-14-12-10-8-6-4-2/h5,7,11,13,16-17,19-20,22-23,25-26,28-29,31-32,34-35,37-38,48,50,54-56,58-61,63-64,66-68H,3-4,6,8-10,12,14-15,18,21,24,27,30,33,36,39-47,49,51-53H2,1-2H3,(H,62,65)/b7-5-,13-11-,17-16-,20-19-,23-22-,26-25-,29-28-,32-31-,35-34-,38-37-,50-48+. The molecule has 0 aromatic carbocycles. The summed E-state index contributed by atoms with van der Waals surface area (Å²) in [4.78, 5) is 13.0. The number of aliphatic hydroxyl groups is 5. The van der Waals surface area contributed by atoms with Gasteiger partial charge in [-0.05, 0) is 96.3 Å². The maximum atomic E-state index is 13.0. The average Bonchev–Trinajstić information content (AvgIpc) is 3.36. The number of amides is 1. The number of ether oxygens (including phenoxy) is 2. The van der Waals surface area contributed by atoms with E-state index >= 15 is 0 Å². The first-order chi connectivity index (χ1) is 34.3. The number of unbranched alkanes of at least 4 members (excludes halogenated alkanes) is 14. The minimum Gasteiger partial charge on any atom is -0.394 e. The highest BCUT2D eigenvalue weighted by molar-refractivity contribution is 5.76. The van der Waals surface area contributed by atoms with Crippen molar-refractivity contribution in [3.8, 4) is 0 Å². The number of hydrogen-bond donors (Lipinski definition) is 6. The molecule has 396 valence electrons. The molecule has 0 saturated carbocycles. The van der Waals surface area contributed by atoms with Crippen LogP contribution in [0.1, 0.15) is 187 Å². The van der Waals surface area contributed by atoms with Crippen LogP contribution in [0, 0.1) is 0 Å². The van der Waals surface area contributed by atoms with E-state index in [0.29, 0.717) is 6.42 Å². The Morgan fingerprint density at radius 2 is 0.886 bits per heavy atom. The van der Waals surface area contributed by atoms with Gasteiger partial charge in [0.05, 0.1) is 25.4 Å². The molecule has 0 radical (unpaired) electrons. The van der Waals surface area contributed by atoms with Crippen LogP contribution < -0.4 is 5.32 Å². The third-order valence-electron chi connectivity index (χ3n) is 12.0. The maximum Gasteiger partial charge on any atom is 0.220 e.